The smallest absolute Gasteiger partial charge is 0.0531 e. The van der Waals surface area contributed by atoms with Crippen molar-refractivity contribution in [2.24, 2.45) is 0 Å². The Balaban J connectivity index is 2.32. The summed E-state index contributed by atoms with van der Waals surface area (Å²) in [6.45, 7) is 2.15. The van der Waals surface area contributed by atoms with E-state index in [2.05, 4.69) is 76.1 Å². The quantitative estimate of drug-likeness (QED) is 0.611. The molecule has 1 heterocycles. The number of aryl methyl sites for hydroxylation is 1. The molecular weight excluding hydrogens is 274 g/mol. The van der Waals surface area contributed by atoms with E-state index in [1.54, 1.807) is 0 Å². The highest BCUT2D eigenvalue weighted by molar-refractivity contribution is 9.10. The highest BCUT2D eigenvalue weighted by atomic mass is 79.9. The molecule has 17 heavy (non-hydrogen) atoms. The van der Waals surface area contributed by atoms with Crippen molar-refractivity contribution in [2.45, 2.75) is 6.92 Å². The van der Waals surface area contributed by atoms with Crippen LogP contribution in [0.5, 0.6) is 0 Å². The Hall–Kier alpha value is -1.54. The van der Waals surface area contributed by atoms with Gasteiger partial charge < -0.3 is 4.57 Å². The van der Waals surface area contributed by atoms with E-state index >= 15 is 0 Å². The first kappa shape index (κ1) is 10.6. The number of halogens is 1. The van der Waals surface area contributed by atoms with Crippen LogP contribution in [0.3, 0.4) is 0 Å². The van der Waals surface area contributed by atoms with Crippen LogP contribution in [-0.4, -0.2) is 4.57 Å². The highest BCUT2D eigenvalue weighted by Crippen LogP contribution is 2.27. The molecule has 1 nitrogen and oxygen atoms in total. The van der Waals surface area contributed by atoms with Gasteiger partial charge in [0.2, 0.25) is 0 Å². The number of hydrogen-bond donors (Lipinski definition) is 0. The van der Waals surface area contributed by atoms with Crippen LogP contribution in [0.2, 0.25) is 0 Å². The number of benzene rings is 2. The van der Waals surface area contributed by atoms with Gasteiger partial charge in [-0.25, -0.2) is 0 Å². The second-order valence-corrected chi connectivity index (χ2v) is 5.09. The molecule has 0 atom stereocenters. The van der Waals surface area contributed by atoms with Crippen molar-refractivity contribution >= 4 is 26.8 Å². The maximum atomic E-state index is 3.52. The summed E-state index contributed by atoms with van der Waals surface area (Å²) in [5.41, 5.74) is 3.75. The van der Waals surface area contributed by atoms with Crippen molar-refractivity contribution in [1.82, 2.24) is 4.57 Å². The zero-order chi connectivity index (χ0) is 11.8. The topological polar surface area (TPSA) is 4.93 Å². The number of fused-ring (bicyclic) bond motifs is 1. The van der Waals surface area contributed by atoms with E-state index in [1.807, 2.05) is 6.07 Å². The van der Waals surface area contributed by atoms with Crippen molar-refractivity contribution in [3.63, 3.8) is 0 Å². The average molecular weight is 286 g/mol. The Morgan fingerprint density at radius 2 is 1.76 bits per heavy atom. The zero-order valence-electron chi connectivity index (χ0n) is 9.52. The predicted octanol–water partition coefficient (Wildman–Crippen LogP) is 4.70. The first-order valence-electron chi connectivity index (χ1n) is 5.58. The Morgan fingerprint density at radius 3 is 2.53 bits per heavy atom. The lowest BCUT2D eigenvalue weighted by atomic mass is 10.2. The van der Waals surface area contributed by atoms with Crippen LogP contribution >= 0.6 is 15.9 Å². The monoisotopic (exact) mass is 285 g/mol. The molecule has 0 aliphatic heterocycles. The van der Waals surface area contributed by atoms with Gasteiger partial charge in [-0.2, -0.15) is 0 Å². The van der Waals surface area contributed by atoms with E-state index in [4.69, 9.17) is 0 Å². The number of para-hydroxylation sites is 1. The molecule has 0 aliphatic rings. The predicted molar refractivity (Wildman–Crippen MR) is 75.7 cm³/mol. The number of rotatable bonds is 1. The van der Waals surface area contributed by atoms with Crippen LogP contribution in [0.1, 0.15) is 5.56 Å². The maximum absolute atomic E-state index is 3.52. The van der Waals surface area contributed by atoms with E-state index in [9.17, 15) is 0 Å². The fourth-order valence-electron chi connectivity index (χ4n) is 2.17. The third kappa shape index (κ3) is 1.79. The zero-order valence-corrected chi connectivity index (χ0v) is 11.1. The summed E-state index contributed by atoms with van der Waals surface area (Å²) in [5, 5.41) is 1.29. The van der Waals surface area contributed by atoms with Gasteiger partial charge in [0.05, 0.1) is 5.52 Å². The van der Waals surface area contributed by atoms with Gasteiger partial charge in [0, 0.05) is 21.7 Å². The molecule has 2 heteroatoms. The van der Waals surface area contributed by atoms with Gasteiger partial charge in [-0.15, -0.1) is 0 Å². The molecule has 0 N–H and O–H groups in total. The second kappa shape index (κ2) is 4.04. The van der Waals surface area contributed by atoms with Crippen molar-refractivity contribution in [3.05, 3.63) is 64.8 Å². The molecular formula is C15H12BrN. The van der Waals surface area contributed by atoms with Gasteiger partial charge in [-0.3, -0.25) is 0 Å². The van der Waals surface area contributed by atoms with Gasteiger partial charge in [-0.1, -0.05) is 34.1 Å². The summed E-state index contributed by atoms with van der Waals surface area (Å²) < 4.78 is 3.36. The van der Waals surface area contributed by atoms with Crippen LogP contribution < -0.4 is 0 Å². The average Bonchev–Trinajstić information content (AvgIpc) is 2.68. The normalized spacial score (nSPS) is 10.9. The minimum atomic E-state index is 1.12. The lowest BCUT2D eigenvalue weighted by Crippen LogP contribution is -1.90. The summed E-state index contributed by atoms with van der Waals surface area (Å²) in [7, 11) is 0. The first-order chi connectivity index (χ1) is 8.25. The fraction of sp³-hybridized carbons (Fsp3) is 0.0667. The molecule has 0 aliphatic carbocycles. The second-order valence-electron chi connectivity index (χ2n) is 4.18. The van der Waals surface area contributed by atoms with Gasteiger partial charge in [0.25, 0.3) is 0 Å². The largest absolute Gasteiger partial charge is 0.316 e. The van der Waals surface area contributed by atoms with Gasteiger partial charge >= 0.3 is 0 Å². The van der Waals surface area contributed by atoms with Crippen LogP contribution in [-0.2, 0) is 0 Å². The van der Waals surface area contributed by atoms with Crippen molar-refractivity contribution in [3.8, 4) is 5.69 Å². The molecule has 0 saturated carbocycles. The molecule has 0 saturated heterocycles. The fourth-order valence-corrected chi connectivity index (χ4v) is 2.53. The summed E-state index contributed by atoms with van der Waals surface area (Å²) in [6, 6.07) is 16.8. The first-order valence-corrected chi connectivity index (χ1v) is 6.37. The Bertz CT molecular complexity index is 668. The van der Waals surface area contributed by atoms with Crippen molar-refractivity contribution < 1.29 is 0 Å². The van der Waals surface area contributed by atoms with Crippen molar-refractivity contribution in [1.29, 1.82) is 0 Å². The minimum absolute atomic E-state index is 1.12. The van der Waals surface area contributed by atoms with Gasteiger partial charge in [0.1, 0.15) is 0 Å². The lowest BCUT2D eigenvalue weighted by Gasteiger charge is -2.04. The van der Waals surface area contributed by atoms with E-state index in [1.165, 1.54) is 22.2 Å². The molecule has 3 rings (SSSR count). The molecule has 0 unspecified atom stereocenters. The summed E-state index contributed by atoms with van der Waals surface area (Å²) in [6.07, 6.45) is 2.19. The maximum Gasteiger partial charge on any atom is 0.0531 e. The van der Waals surface area contributed by atoms with Crippen LogP contribution in [0, 0.1) is 6.92 Å². The van der Waals surface area contributed by atoms with Crippen molar-refractivity contribution in [2.75, 3.05) is 0 Å². The van der Waals surface area contributed by atoms with Gasteiger partial charge in [0.15, 0.2) is 0 Å². The highest BCUT2D eigenvalue weighted by Gasteiger charge is 2.06. The van der Waals surface area contributed by atoms with E-state index in [-0.39, 0.29) is 0 Å². The lowest BCUT2D eigenvalue weighted by molar-refractivity contribution is 1.12. The molecule has 0 bridgehead atoms. The van der Waals surface area contributed by atoms with Crippen LogP contribution in [0.4, 0.5) is 0 Å². The third-order valence-electron chi connectivity index (χ3n) is 3.00. The number of nitrogens with zero attached hydrogens (tertiary/aromatic N) is 1. The standard InChI is InChI=1S/C15H12BrN/c1-11-10-17(13-5-3-2-4-6-13)15-8-7-12(16)9-14(11)15/h2-10H,1H3. The Morgan fingerprint density at radius 1 is 1.00 bits per heavy atom. The minimum Gasteiger partial charge on any atom is -0.316 e. The Kier molecular flexibility index (Phi) is 2.52. The molecule has 0 radical (unpaired) electrons. The van der Waals surface area contributed by atoms with Crippen LogP contribution in [0.15, 0.2) is 59.2 Å². The number of hydrogen-bond acceptors (Lipinski definition) is 0. The molecule has 0 fully saturated rings. The summed E-state index contributed by atoms with van der Waals surface area (Å²) >= 11 is 3.52. The van der Waals surface area contributed by atoms with E-state index < -0.39 is 0 Å². The molecule has 0 amide bonds. The molecule has 84 valence electrons. The molecule has 1 aromatic heterocycles. The summed E-state index contributed by atoms with van der Waals surface area (Å²) in [4.78, 5) is 0. The van der Waals surface area contributed by atoms with E-state index in [0.717, 1.165) is 4.47 Å². The summed E-state index contributed by atoms with van der Waals surface area (Å²) in [5.74, 6) is 0. The molecule has 0 spiro atoms. The SMILES string of the molecule is Cc1cn(-c2ccccc2)c2ccc(Br)cc12. The molecule has 2 aromatic carbocycles. The molecule has 3 aromatic rings. The third-order valence-corrected chi connectivity index (χ3v) is 3.49. The number of aromatic nitrogens is 1. The van der Waals surface area contributed by atoms with Crippen LogP contribution in [0.25, 0.3) is 16.6 Å². The van der Waals surface area contributed by atoms with E-state index in [0.29, 0.717) is 0 Å². The Labute approximate surface area is 109 Å². The van der Waals surface area contributed by atoms with Gasteiger partial charge in [-0.05, 0) is 42.8 Å².